The van der Waals surface area contributed by atoms with Crippen LogP contribution < -0.4 is 0 Å². The zero-order valence-corrected chi connectivity index (χ0v) is 11.2. The van der Waals surface area contributed by atoms with E-state index < -0.39 is 0 Å². The topological polar surface area (TPSA) is 0 Å². The second-order valence-corrected chi connectivity index (χ2v) is 5.50. The Morgan fingerprint density at radius 2 is 1.29 bits per heavy atom. The molecule has 0 heterocycles. The molecular formula is C16H13Br. The molecule has 2 radical (unpaired) electrons. The first-order valence-electron chi connectivity index (χ1n) is 5.82. The van der Waals surface area contributed by atoms with Gasteiger partial charge >= 0.3 is 0 Å². The summed E-state index contributed by atoms with van der Waals surface area (Å²) in [7, 11) is 0. The van der Waals surface area contributed by atoms with E-state index in [0.717, 1.165) is 4.47 Å². The Hall–Kier alpha value is -1.08. The van der Waals surface area contributed by atoms with Crippen molar-refractivity contribution in [1.29, 1.82) is 0 Å². The highest BCUT2D eigenvalue weighted by molar-refractivity contribution is 9.10. The van der Waals surface area contributed by atoms with Gasteiger partial charge in [0.15, 0.2) is 0 Å². The van der Waals surface area contributed by atoms with Gasteiger partial charge in [0.25, 0.3) is 0 Å². The van der Waals surface area contributed by atoms with Gasteiger partial charge in [0.2, 0.25) is 0 Å². The molecule has 1 aliphatic rings. The van der Waals surface area contributed by atoms with Crippen LogP contribution in [0.25, 0.3) is 0 Å². The first-order chi connectivity index (χ1) is 8.24. The lowest BCUT2D eigenvalue weighted by atomic mass is 10.0. The van der Waals surface area contributed by atoms with Gasteiger partial charge < -0.3 is 0 Å². The molecule has 84 valence electrons. The third-order valence-corrected chi connectivity index (χ3v) is 3.78. The summed E-state index contributed by atoms with van der Waals surface area (Å²) in [5, 5.41) is 0. The highest BCUT2D eigenvalue weighted by Gasteiger charge is 2.40. The van der Waals surface area contributed by atoms with Crippen molar-refractivity contribution in [1.82, 2.24) is 0 Å². The Bertz CT molecular complexity index is 461. The molecule has 3 rings (SSSR count). The smallest absolute Gasteiger partial charge is 0.0175 e. The highest BCUT2D eigenvalue weighted by Crippen LogP contribution is 2.53. The SMILES string of the molecule is Cc1ccc([C@@H]2[C][C@H]2c2ccc(Br)cc2)cc1. The first-order valence-corrected chi connectivity index (χ1v) is 6.61. The fourth-order valence-electron chi connectivity index (χ4n) is 2.16. The molecule has 0 aliphatic heterocycles. The van der Waals surface area contributed by atoms with Gasteiger partial charge in [0.1, 0.15) is 0 Å². The van der Waals surface area contributed by atoms with Crippen molar-refractivity contribution in [3.8, 4) is 0 Å². The van der Waals surface area contributed by atoms with Gasteiger partial charge in [-0.1, -0.05) is 57.9 Å². The monoisotopic (exact) mass is 284 g/mol. The Kier molecular flexibility index (Phi) is 2.79. The lowest BCUT2D eigenvalue weighted by molar-refractivity contribution is 1.02. The predicted molar refractivity (Wildman–Crippen MR) is 74.0 cm³/mol. The van der Waals surface area contributed by atoms with E-state index in [1.807, 2.05) is 0 Å². The maximum atomic E-state index is 3.52. The van der Waals surface area contributed by atoms with Crippen LogP contribution in [-0.4, -0.2) is 0 Å². The summed E-state index contributed by atoms with van der Waals surface area (Å²) in [4.78, 5) is 0. The molecule has 2 aromatic rings. The van der Waals surface area contributed by atoms with Crippen LogP contribution in [0, 0.1) is 13.3 Å². The highest BCUT2D eigenvalue weighted by atomic mass is 79.9. The largest absolute Gasteiger partial charge is 0.0590 e. The summed E-state index contributed by atoms with van der Waals surface area (Å²) in [5.74, 6) is 0.961. The molecule has 1 saturated carbocycles. The molecule has 0 unspecified atom stereocenters. The molecule has 0 amide bonds. The maximum absolute atomic E-state index is 3.52. The van der Waals surface area contributed by atoms with E-state index >= 15 is 0 Å². The fourth-order valence-corrected chi connectivity index (χ4v) is 2.42. The summed E-state index contributed by atoms with van der Waals surface area (Å²) in [6, 6.07) is 17.3. The molecule has 1 fully saturated rings. The average molecular weight is 285 g/mol. The Morgan fingerprint density at radius 3 is 1.82 bits per heavy atom. The Morgan fingerprint density at radius 1 is 0.824 bits per heavy atom. The van der Waals surface area contributed by atoms with Gasteiger partial charge in [0.05, 0.1) is 0 Å². The molecule has 0 saturated heterocycles. The van der Waals surface area contributed by atoms with Crippen LogP contribution in [0.1, 0.15) is 28.5 Å². The summed E-state index contributed by atoms with van der Waals surface area (Å²) in [6.07, 6.45) is 3.52. The third-order valence-electron chi connectivity index (χ3n) is 3.25. The van der Waals surface area contributed by atoms with E-state index in [2.05, 4.69) is 77.8 Å². The number of hydrogen-bond donors (Lipinski definition) is 0. The molecule has 17 heavy (non-hydrogen) atoms. The van der Waals surface area contributed by atoms with E-state index in [-0.39, 0.29) is 0 Å². The maximum Gasteiger partial charge on any atom is 0.0175 e. The zero-order valence-electron chi connectivity index (χ0n) is 9.65. The van der Waals surface area contributed by atoms with Crippen LogP contribution in [-0.2, 0) is 0 Å². The van der Waals surface area contributed by atoms with Gasteiger partial charge in [-0.2, -0.15) is 0 Å². The summed E-state index contributed by atoms with van der Waals surface area (Å²) < 4.78 is 1.13. The van der Waals surface area contributed by atoms with Crippen molar-refractivity contribution in [3.05, 3.63) is 76.1 Å². The molecule has 2 atom stereocenters. The molecule has 2 aromatic carbocycles. The molecular weight excluding hydrogens is 272 g/mol. The van der Waals surface area contributed by atoms with E-state index in [4.69, 9.17) is 0 Å². The molecule has 0 nitrogen and oxygen atoms in total. The van der Waals surface area contributed by atoms with Gasteiger partial charge in [-0.3, -0.25) is 0 Å². The first kappa shape index (κ1) is 11.0. The number of rotatable bonds is 2. The van der Waals surface area contributed by atoms with E-state index in [1.165, 1.54) is 16.7 Å². The number of halogens is 1. The summed E-state index contributed by atoms with van der Waals surface area (Å²) >= 11 is 3.46. The molecule has 1 heteroatoms. The molecule has 0 spiro atoms. The van der Waals surface area contributed by atoms with Crippen molar-refractivity contribution in [2.75, 3.05) is 0 Å². The molecule has 0 N–H and O–H groups in total. The van der Waals surface area contributed by atoms with Crippen LogP contribution in [0.3, 0.4) is 0 Å². The number of benzene rings is 2. The molecule has 0 bridgehead atoms. The Balaban J connectivity index is 1.78. The van der Waals surface area contributed by atoms with Crippen LogP contribution in [0.2, 0.25) is 0 Å². The van der Waals surface area contributed by atoms with Crippen LogP contribution in [0.15, 0.2) is 53.0 Å². The normalized spacial score (nSPS) is 22.5. The standard InChI is InChI=1S/C16H13Br/c1-11-2-4-12(5-3-11)15-10-16(15)13-6-8-14(17)9-7-13/h2-9,15-16H,1H3/t15-,16-/m0/s1. The van der Waals surface area contributed by atoms with Crippen molar-refractivity contribution in [3.63, 3.8) is 0 Å². The second kappa shape index (κ2) is 4.30. The van der Waals surface area contributed by atoms with E-state index in [0.29, 0.717) is 11.8 Å². The number of hydrogen-bond acceptors (Lipinski definition) is 0. The predicted octanol–water partition coefficient (Wildman–Crippen LogP) is 4.72. The van der Waals surface area contributed by atoms with Gasteiger partial charge in [-0.05, 0) is 42.0 Å². The Labute approximate surface area is 111 Å². The summed E-state index contributed by atoms with van der Waals surface area (Å²) in [6.45, 7) is 2.12. The van der Waals surface area contributed by atoms with Crippen molar-refractivity contribution < 1.29 is 0 Å². The van der Waals surface area contributed by atoms with Gasteiger partial charge in [-0.15, -0.1) is 0 Å². The number of aryl methyl sites for hydroxylation is 1. The summed E-state index contributed by atoms with van der Waals surface area (Å²) in [5.41, 5.74) is 4.05. The zero-order chi connectivity index (χ0) is 11.8. The van der Waals surface area contributed by atoms with E-state index in [1.54, 1.807) is 0 Å². The fraction of sp³-hybridized carbons (Fsp3) is 0.188. The minimum absolute atomic E-state index is 0.478. The van der Waals surface area contributed by atoms with Crippen LogP contribution in [0.4, 0.5) is 0 Å². The average Bonchev–Trinajstić information content (AvgIpc) is 3.11. The van der Waals surface area contributed by atoms with Gasteiger partial charge in [-0.25, -0.2) is 0 Å². The molecule has 0 aromatic heterocycles. The molecule has 1 aliphatic carbocycles. The van der Waals surface area contributed by atoms with Crippen LogP contribution in [0.5, 0.6) is 0 Å². The lowest BCUT2D eigenvalue weighted by Gasteiger charge is -2.02. The second-order valence-electron chi connectivity index (χ2n) is 4.58. The van der Waals surface area contributed by atoms with Gasteiger partial charge in [0, 0.05) is 10.9 Å². The van der Waals surface area contributed by atoms with Crippen LogP contribution >= 0.6 is 15.9 Å². The van der Waals surface area contributed by atoms with Crippen molar-refractivity contribution in [2.24, 2.45) is 0 Å². The van der Waals surface area contributed by atoms with Crippen molar-refractivity contribution >= 4 is 15.9 Å². The quantitative estimate of drug-likeness (QED) is 0.749. The van der Waals surface area contributed by atoms with Crippen molar-refractivity contribution in [2.45, 2.75) is 18.8 Å². The third kappa shape index (κ3) is 2.30. The lowest BCUT2D eigenvalue weighted by Crippen LogP contribution is -1.84. The minimum atomic E-state index is 0.478. The van der Waals surface area contributed by atoms with E-state index in [9.17, 15) is 0 Å². The minimum Gasteiger partial charge on any atom is -0.0590 e.